The van der Waals surface area contributed by atoms with Gasteiger partial charge in [0.15, 0.2) is 11.5 Å². The fourth-order valence-electron chi connectivity index (χ4n) is 4.02. The third-order valence-electron chi connectivity index (χ3n) is 5.41. The van der Waals surface area contributed by atoms with Gasteiger partial charge in [-0.2, -0.15) is 0 Å². The number of nitrogens with one attached hydrogen (secondary N) is 1. The number of para-hydroxylation sites is 2. The van der Waals surface area contributed by atoms with Gasteiger partial charge in [-0.25, -0.2) is 4.98 Å². The van der Waals surface area contributed by atoms with Gasteiger partial charge in [0, 0.05) is 44.8 Å². The molecule has 3 aromatic rings. The number of aromatic nitrogens is 2. The zero-order valence-electron chi connectivity index (χ0n) is 17.5. The summed E-state index contributed by atoms with van der Waals surface area (Å²) in [6.07, 6.45) is 11.7. The number of hydrogen-bond donors (Lipinski definition) is 1. The van der Waals surface area contributed by atoms with Crippen LogP contribution in [0.5, 0.6) is 11.5 Å². The van der Waals surface area contributed by atoms with Crippen molar-refractivity contribution in [2.24, 2.45) is 0 Å². The number of allylic oxidation sites excluding steroid dienone is 6. The van der Waals surface area contributed by atoms with E-state index in [0.29, 0.717) is 0 Å². The topological polar surface area (TPSA) is 48.3 Å². The lowest BCUT2D eigenvalue weighted by Crippen LogP contribution is -2.29. The van der Waals surface area contributed by atoms with Gasteiger partial charge in [0.1, 0.15) is 5.82 Å². The van der Waals surface area contributed by atoms with Gasteiger partial charge >= 0.3 is 0 Å². The number of imidazole rings is 1. The molecule has 5 nitrogen and oxygen atoms in total. The van der Waals surface area contributed by atoms with Crippen LogP contribution in [0.4, 0.5) is 5.69 Å². The zero-order chi connectivity index (χ0) is 20.7. The molecule has 5 heteroatoms. The molecule has 30 heavy (non-hydrogen) atoms. The second-order valence-corrected chi connectivity index (χ2v) is 8.00. The molecule has 0 unspecified atom stereocenters. The van der Waals surface area contributed by atoms with Crippen molar-refractivity contribution < 1.29 is 9.47 Å². The van der Waals surface area contributed by atoms with Crippen LogP contribution in [0.1, 0.15) is 20.3 Å². The van der Waals surface area contributed by atoms with Crippen molar-refractivity contribution in [2.75, 3.05) is 12.4 Å². The van der Waals surface area contributed by atoms with Gasteiger partial charge in [-0.3, -0.25) is 0 Å². The van der Waals surface area contributed by atoms with Crippen molar-refractivity contribution in [2.45, 2.75) is 32.6 Å². The van der Waals surface area contributed by atoms with Gasteiger partial charge in [-0.1, -0.05) is 42.5 Å². The molecule has 0 spiro atoms. The molecule has 0 saturated carbocycles. The first-order valence-corrected chi connectivity index (χ1v) is 10.3. The minimum Gasteiger partial charge on any atom is -0.449 e. The van der Waals surface area contributed by atoms with Gasteiger partial charge < -0.3 is 19.4 Å². The third-order valence-corrected chi connectivity index (χ3v) is 5.41. The predicted octanol–water partition coefficient (Wildman–Crippen LogP) is 5.69. The predicted molar refractivity (Wildman–Crippen MR) is 121 cm³/mol. The summed E-state index contributed by atoms with van der Waals surface area (Å²) >= 11 is 0. The minimum atomic E-state index is -0.669. The molecule has 2 aromatic carbocycles. The number of benzene rings is 2. The molecule has 0 saturated heterocycles. The van der Waals surface area contributed by atoms with E-state index in [1.54, 1.807) is 0 Å². The van der Waals surface area contributed by atoms with Crippen molar-refractivity contribution in [1.82, 2.24) is 9.55 Å². The van der Waals surface area contributed by atoms with Gasteiger partial charge in [0.25, 0.3) is 0 Å². The number of rotatable bonds is 4. The molecule has 1 aromatic heterocycles. The van der Waals surface area contributed by atoms with Gasteiger partial charge in [-0.05, 0) is 30.2 Å². The summed E-state index contributed by atoms with van der Waals surface area (Å²) in [7, 11) is 1.92. The lowest BCUT2D eigenvalue weighted by atomic mass is 10.1. The Morgan fingerprint density at radius 1 is 1.13 bits per heavy atom. The highest BCUT2D eigenvalue weighted by atomic mass is 16.7. The van der Waals surface area contributed by atoms with E-state index in [2.05, 4.69) is 58.5 Å². The maximum absolute atomic E-state index is 6.01. The molecular weight excluding hydrogens is 374 g/mol. The van der Waals surface area contributed by atoms with Crippen molar-refractivity contribution in [3.63, 3.8) is 0 Å². The molecule has 0 bridgehead atoms. The van der Waals surface area contributed by atoms with E-state index >= 15 is 0 Å². The van der Waals surface area contributed by atoms with E-state index in [4.69, 9.17) is 14.5 Å². The van der Waals surface area contributed by atoms with E-state index in [0.717, 1.165) is 52.6 Å². The Morgan fingerprint density at radius 3 is 2.70 bits per heavy atom. The molecule has 2 heterocycles. The molecule has 0 radical (unpaired) electrons. The molecular formula is C25H25N3O2. The minimum absolute atomic E-state index is 0.669. The normalized spacial score (nSPS) is 17.8. The van der Waals surface area contributed by atoms with Crippen LogP contribution in [0.3, 0.4) is 0 Å². The molecule has 1 N–H and O–H groups in total. The van der Waals surface area contributed by atoms with E-state index in [9.17, 15) is 0 Å². The highest BCUT2D eigenvalue weighted by Gasteiger charge is 2.33. The van der Waals surface area contributed by atoms with E-state index < -0.39 is 5.79 Å². The summed E-state index contributed by atoms with van der Waals surface area (Å²) in [5, 5.41) is 3.30. The van der Waals surface area contributed by atoms with E-state index in [1.165, 1.54) is 5.57 Å². The average Bonchev–Trinajstić information content (AvgIpc) is 3.26. The summed E-state index contributed by atoms with van der Waals surface area (Å²) in [6, 6.07) is 12.3. The fraction of sp³-hybridized carbons (Fsp3) is 0.240. The summed E-state index contributed by atoms with van der Waals surface area (Å²) in [5.74, 6) is 1.73. The Balaban J connectivity index is 1.64. The van der Waals surface area contributed by atoms with E-state index in [1.807, 2.05) is 39.1 Å². The van der Waals surface area contributed by atoms with Crippen molar-refractivity contribution in [3.8, 4) is 22.9 Å². The number of anilines is 1. The van der Waals surface area contributed by atoms with Crippen LogP contribution in [0, 0.1) is 0 Å². The lowest BCUT2D eigenvalue weighted by molar-refractivity contribution is -0.0431. The number of hydrogen-bond acceptors (Lipinski definition) is 4. The van der Waals surface area contributed by atoms with E-state index in [-0.39, 0.29) is 0 Å². The smallest absolute Gasteiger partial charge is 0.246 e. The summed E-state index contributed by atoms with van der Waals surface area (Å²) < 4.78 is 14.2. The van der Waals surface area contributed by atoms with Crippen LogP contribution >= 0.6 is 0 Å². The average molecular weight is 399 g/mol. The van der Waals surface area contributed by atoms with Crippen LogP contribution in [0.25, 0.3) is 22.4 Å². The summed E-state index contributed by atoms with van der Waals surface area (Å²) in [4.78, 5) is 4.98. The summed E-state index contributed by atoms with van der Waals surface area (Å²) in [6.45, 7) is 4.57. The third kappa shape index (κ3) is 3.26. The molecule has 152 valence electrons. The molecule has 1 aliphatic heterocycles. The lowest BCUT2D eigenvalue weighted by Gasteiger charge is -2.16. The number of nitrogens with zero attached hydrogens (tertiary/aromatic N) is 2. The quantitative estimate of drug-likeness (QED) is 0.612. The molecule has 5 rings (SSSR count). The number of fused-ring (bicyclic) bond motifs is 2. The van der Waals surface area contributed by atoms with Crippen LogP contribution in [-0.4, -0.2) is 22.4 Å². The molecule has 1 aliphatic carbocycles. The first-order chi connectivity index (χ1) is 14.5. The summed E-state index contributed by atoms with van der Waals surface area (Å²) in [5.41, 5.74) is 5.35. The van der Waals surface area contributed by atoms with Crippen LogP contribution < -0.4 is 14.8 Å². The van der Waals surface area contributed by atoms with Crippen molar-refractivity contribution in [1.29, 1.82) is 0 Å². The maximum atomic E-state index is 6.01. The first-order valence-electron chi connectivity index (χ1n) is 10.3. The SMILES string of the molecule is CNc1cc2c(cc1-c1nc3ccccc3n1CC=C1C=CC=CC1)OC(C)(C)O2. The number of ether oxygens (including phenoxy) is 2. The second-order valence-electron chi connectivity index (χ2n) is 8.00. The van der Waals surface area contributed by atoms with Gasteiger partial charge in [0.05, 0.1) is 11.0 Å². The van der Waals surface area contributed by atoms with Crippen molar-refractivity contribution in [3.05, 3.63) is 72.4 Å². The van der Waals surface area contributed by atoms with Gasteiger partial charge in [0.2, 0.25) is 5.79 Å². The van der Waals surface area contributed by atoms with Crippen molar-refractivity contribution >= 4 is 16.7 Å². The Hall–Kier alpha value is -3.47. The van der Waals surface area contributed by atoms with Crippen LogP contribution in [-0.2, 0) is 6.54 Å². The maximum Gasteiger partial charge on any atom is 0.246 e. The molecule has 0 fully saturated rings. The second kappa shape index (κ2) is 7.10. The Bertz CT molecular complexity index is 1210. The largest absolute Gasteiger partial charge is 0.449 e. The Kier molecular flexibility index (Phi) is 4.39. The van der Waals surface area contributed by atoms with Gasteiger partial charge in [-0.15, -0.1) is 0 Å². The van der Waals surface area contributed by atoms with Crippen LogP contribution in [0.15, 0.2) is 72.4 Å². The zero-order valence-corrected chi connectivity index (χ0v) is 17.5. The highest BCUT2D eigenvalue weighted by Crippen LogP contribution is 2.45. The fourth-order valence-corrected chi connectivity index (χ4v) is 4.02. The standard InChI is InChI=1S/C25H25N3O2/c1-25(2)29-22-15-18(20(26-3)16-23(22)30-25)24-27-19-11-7-8-12-21(19)28(24)14-13-17-9-5-4-6-10-17/h4-9,11-13,15-16,26H,10,14H2,1-3H3. The molecule has 0 atom stereocenters. The highest BCUT2D eigenvalue weighted by molar-refractivity contribution is 5.85. The monoisotopic (exact) mass is 399 g/mol. The molecule has 0 amide bonds. The molecule has 2 aliphatic rings. The first kappa shape index (κ1) is 18.6. The Labute approximate surface area is 176 Å². The van der Waals surface area contributed by atoms with Crippen LogP contribution in [0.2, 0.25) is 0 Å². The Morgan fingerprint density at radius 2 is 1.93 bits per heavy atom.